The molecule has 2 saturated carbocycles. The Hall–Kier alpha value is -2.52. The van der Waals surface area contributed by atoms with E-state index in [2.05, 4.69) is 31.9 Å². The molecule has 0 aromatic heterocycles. The van der Waals surface area contributed by atoms with Crippen molar-refractivity contribution in [1.82, 2.24) is 0 Å². The van der Waals surface area contributed by atoms with Gasteiger partial charge in [0, 0.05) is 28.3 Å². The lowest BCUT2D eigenvalue weighted by atomic mass is 9.81. The van der Waals surface area contributed by atoms with Crippen molar-refractivity contribution in [2.75, 3.05) is 16.3 Å². The van der Waals surface area contributed by atoms with Crippen molar-refractivity contribution in [3.8, 4) is 5.75 Å². The van der Waals surface area contributed by atoms with Crippen LogP contribution in [0.2, 0.25) is 0 Å². The summed E-state index contributed by atoms with van der Waals surface area (Å²) >= 11 is 7.44. The lowest BCUT2D eigenvalue weighted by Gasteiger charge is -2.28. The van der Waals surface area contributed by atoms with Crippen LogP contribution in [0.15, 0.2) is 42.5 Å². The summed E-state index contributed by atoms with van der Waals surface area (Å²) in [6, 6.07) is 12.7. The van der Waals surface area contributed by atoms with Crippen LogP contribution >= 0.6 is 31.9 Å². The van der Waals surface area contributed by atoms with Gasteiger partial charge in [0.05, 0.1) is 23.4 Å². The van der Waals surface area contributed by atoms with Crippen LogP contribution in [0.4, 0.5) is 11.4 Å². The Kier molecular flexibility index (Phi) is 6.50. The number of aryl methyl sites for hydroxylation is 2. The summed E-state index contributed by atoms with van der Waals surface area (Å²) in [6.07, 6.45) is 1.77. The van der Waals surface area contributed by atoms with Gasteiger partial charge >= 0.3 is 5.97 Å². The number of halogens is 2. The van der Waals surface area contributed by atoms with E-state index in [-0.39, 0.29) is 64.0 Å². The number of fused-ring (bicyclic) bond motifs is 5. The number of carbonyl (C=O) groups excluding carboxylic acids is 4. The lowest BCUT2D eigenvalue weighted by molar-refractivity contribution is -0.139. The number of benzene rings is 2. The third-order valence-electron chi connectivity index (χ3n) is 8.74. The van der Waals surface area contributed by atoms with E-state index in [1.807, 2.05) is 31.2 Å². The highest BCUT2D eigenvalue weighted by molar-refractivity contribution is 9.12. The van der Waals surface area contributed by atoms with Gasteiger partial charge in [-0.2, -0.15) is 0 Å². The van der Waals surface area contributed by atoms with Gasteiger partial charge in [-0.1, -0.05) is 57.0 Å². The zero-order chi connectivity index (χ0) is 26.9. The third kappa shape index (κ3) is 3.87. The van der Waals surface area contributed by atoms with E-state index in [9.17, 15) is 19.2 Å². The molecule has 4 aliphatic rings. The Morgan fingerprint density at radius 3 is 2.26 bits per heavy atom. The van der Waals surface area contributed by atoms with Gasteiger partial charge in [-0.05, 0) is 67.0 Å². The molecule has 2 bridgehead atoms. The van der Waals surface area contributed by atoms with Crippen molar-refractivity contribution >= 4 is 66.9 Å². The molecule has 0 N–H and O–H groups in total. The first kappa shape index (κ1) is 25.7. The second-order valence-corrected chi connectivity index (χ2v) is 12.9. The highest BCUT2D eigenvalue weighted by atomic mass is 79.9. The molecule has 7 atom stereocenters. The first-order valence-electron chi connectivity index (χ1n) is 13.1. The van der Waals surface area contributed by atoms with E-state index in [1.54, 1.807) is 30.0 Å². The van der Waals surface area contributed by atoms with Gasteiger partial charge in [0.1, 0.15) is 5.75 Å². The van der Waals surface area contributed by atoms with Gasteiger partial charge < -0.3 is 9.64 Å². The van der Waals surface area contributed by atoms with E-state index in [0.717, 1.165) is 24.1 Å². The SMILES string of the molecule is CCc1ccccc1N1C[C@H](C(=O)Oc2ccc(N3C(=O)[C@@H]4[C@H]5C[C@@H]([C@@H](Br)[C@H]5Br)[C@H]4C3=O)c(C)c2)CC1=O. The molecule has 6 rings (SSSR count). The monoisotopic (exact) mass is 642 g/mol. The number of hydrogen-bond donors (Lipinski definition) is 0. The molecule has 2 saturated heterocycles. The Morgan fingerprint density at radius 1 is 0.974 bits per heavy atom. The molecule has 4 fully saturated rings. The first-order valence-corrected chi connectivity index (χ1v) is 14.9. The molecule has 7 nitrogen and oxygen atoms in total. The Morgan fingerprint density at radius 2 is 1.63 bits per heavy atom. The summed E-state index contributed by atoms with van der Waals surface area (Å²) in [5.74, 6) is -1.36. The summed E-state index contributed by atoms with van der Waals surface area (Å²) in [4.78, 5) is 55.9. The number of anilines is 2. The van der Waals surface area contributed by atoms with E-state index in [1.165, 1.54) is 4.90 Å². The lowest BCUT2D eigenvalue weighted by Crippen LogP contribution is -2.37. The van der Waals surface area contributed by atoms with E-state index in [4.69, 9.17) is 4.74 Å². The summed E-state index contributed by atoms with van der Waals surface area (Å²) in [5, 5.41) is 0. The van der Waals surface area contributed by atoms with Gasteiger partial charge in [0.25, 0.3) is 0 Å². The van der Waals surface area contributed by atoms with Gasteiger partial charge in [-0.25, -0.2) is 4.90 Å². The van der Waals surface area contributed by atoms with E-state index >= 15 is 0 Å². The summed E-state index contributed by atoms with van der Waals surface area (Å²) in [7, 11) is 0. The molecule has 198 valence electrons. The largest absolute Gasteiger partial charge is 0.426 e. The predicted octanol–water partition coefficient (Wildman–Crippen LogP) is 4.80. The van der Waals surface area contributed by atoms with Gasteiger partial charge in [0.2, 0.25) is 17.7 Å². The fourth-order valence-electron chi connectivity index (χ4n) is 6.90. The maximum atomic E-state index is 13.4. The molecule has 2 aromatic carbocycles. The van der Waals surface area contributed by atoms with E-state index < -0.39 is 11.9 Å². The van der Waals surface area contributed by atoms with Gasteiger partial charge in [0.15, 0.2) is 0 Å². The van der Waals surface area contributed by atoms with Crippen LogP contribution in [-0.2, 0) is 25.6 Å². The molecule has 0 spiro atoms. The normalized spacial score (nSPS) is 31.9. The minimum atomic E-state index is -0.571. The van der Waals surface area contributed by atoms with Crippen LogP contribution in [0.3, 0.4) is 0 Å². The minimum absolute atomic E-state index is 0.0959. The van der Waals surface area contributed by atoms with Crippen molar-refractivity contribution in [2.24, 2.45) is 29.6 Å². The number of amides is 3. The van der Waals surface area contributed by atoms with Crippen molar-refractivity contribution in [2.45, 2.75) is 42.8 Å². The number of imide groups is 1. The second-order valence-electron chi connectivity index (χ2n) is 10.8. The number of rotatable bonds is 5. The van der Waals surface area contributed by atoms with Crippen molar-refractivity contribution in [3.63, 3.8) is 0 Å². The zero-order valence-electron chi connectivity index (χ0n) is 21.1. The first-order chi connectivity index (χ1) is 18.2. The fraction of sp³-hybridized carbons (Fsp3) is 0.448. The maximum absolute atomic E-state index is 13.4. The number of hydrogen-bond acceptors (Lipinski definition) is 5. The molecule has 9 heteroatoms. The van der Waals surface area contributed by atoms with Gasteiger partial charge in [-0.3, -0.25) is 19.2 Å². The predicted molar refractivity (Wildman–Crippen MR) is 150 cm³/mol. The zero-order valence-corrected chi connectivity index (χ0v) is 24.3. The van der Waals surface area contributed by atoms with Crippen LogP contribution < -0.4 is 14.5 Å². The summed E-state index contributed by atoms with van der Waals surface area (Å²) in [6.45, 7) is 4.11. The van der Waals surface area contributed by atoms with Crippen LogP contribution in [0.5, 0.6) is 5.75 Å². The van der Waals surface area contributed by atoms with Gasteiger partial charge in [-0.15, -0.1) is 0 Å². The molecular weight excluding hydrogens is 616 g/mol. The number of carbonyl (C=O) groups is 4. The molecule has 2 aliphatic carbocycles. The van der Waals surface area contributed by atoms with Crippen molar-refractivity contribution < 1.29 is 23.9 Å². The highest BCUT2D eigenvalue weighted by Gasteiger charge is 2.66. The molecule has 3 amide bonds. The van der Waals surface area contributed by atoms with Crippen molar-refractivity contribution in [3.05, 3.63) is 53.6 Å². The topological polar surface area (TPSA) is 84.0 Å². The molecule has 0 radical (unpaired) electrons. The number of esters is 1. The maximum Gasteiger partial charge on any atom is 0.316 e. The molecular formula is C29H28Br2N2O5. The standard InChI is InChI=1S/C29H28Br2N2O5/c1-3-15-6-4-5-7-21(15)32-13-16(11-22(32)34)29(37)38-17-8-9-20(14(2)10-17)33-27(35)23-18-12-19(24(23)28(33)36)26(31)25(18)30/h4-10,16,18-19,23-26H,3,11-13H2,1-2H3/t16-,18-,19-,23-,24-,25-,26+/m1/s1. The Labute approximate surface area is 238 Å². The third-order valence-corrected chi connectivity index (χ3v) is 11.9. The van der Waals surface area contributed by atoms with Crippen LogP contribution in [0, 0.1) is 36.5 Å². The minimum Gasteiger partial charge on any atom is -0.426 e. The number of nitrogens with zero attached hydrogens (tertiary/aromatic N) is 2. The Balaban J connectivity index is 1.16. The summed E-state index contributed by atoms with van der Waals surface area (Å²) in [5.41, 5.74) is 3.11. The van der Waals surface area contributed by atoms with Crippen LogP contribution in [0.1, 0.15) is 30.9 Å². The molecule has 38 heavy (non-hydrogen) atoms. The van der Waals surface area contributed by atoms with E-state index in [0.29, 0.717) is 17.0 Å². The summed E-state index contributed by atoms with van der Waals surface area (Å²) < 4.78 is 5.67. The number of alkyl halides is 2. The van der Waals surface area contributed by atoms with Crippen LogP contribution in [-0.4, -0.2) is 39.9 Å². The average molecular weight is 644 g/mol. The smallest absolute Gasteiger partial charge is 0.316 e. The van der Waals surface area contributed by atoms with Crippen molar-refractivity contribution in [1.29, 1.82) is 0 Å². The fourth-order valence-corrected chi connectivity index (χ4v) is 8.77. The molecule has 2 aromatic rings. The Bertz CT molecular complexity index is 1330. The molecule has 2 aliphatic heterocycles. The average Bonchev–Trinajstić information content (AvgIpc) is 3.62. The van der Waals surface area contributed by atoms with Crippen LogP contribution in [0.25, 0.3) is 0 Å². The molecule has 0 unspecified atom stereocenters. The quantitative estimate of drug-likeness (QED) is 0.202. The highest BCUT2D eigenvalue weighted by Crippen LogP contribution is 2.60. The number of para-hydroxylation sites is 1. The molecule has 2 heterocycles. The second kappa shape index (κ2) is 9.59. The number of ether oxygens (including phenoxy) is 1.